The molecule has 0 bridgehead atoms. The molecular weight excluding hydrogens is 374 g/mol. The van der Waals surface area contributed by atoms with Crippen molar-refractivity contribution < 1.29 is 19.0 Å². The molecule has 0 unspecified atom stereocenters. The molecule has 0 amide bonds. The monoisotopic (exact) mass is 387 g/mol. The lowest BCUT2D eigenvalue weighted by atomic mass is 10.1. The summed E-state index contributed by atoms with van der Waals surface area (Å²) in [5, 5.41) is 0. The van der Waals surface area contributed by atoms with Crippen molar-refractivity contribution in [1.82, 2.24) is 0 Å². The number of hydrogen-bond donors (Lipinski definition) is 0. The van der Waals surface area contributed by atoms with Crippen molar-refractivity contribution in [2.75, 3.05) is 14.2 Å². The number of esters is 1. The highest BCUT2D eigenvalue weighted by molar-refractivity contribution is 9.10. The zero-order valence-electron chi connectivity index (χ0n) is 13.1. The van der Waals surface area contributed by atoms with Gasteiger partial charge in [-0.3, -0.25) is 0 Å². The van der Waals surface area contributed by atoms with Crippen LogP contribution >= 0.6 is 15.9 Å². The lowest BCUT2D eigenvalue weighted by Gasteiger charge is -2.07. The molecule has 0 radical (unpaired) electrons. The standard InChI is InChI=1S/C18H14BrNO4/c1-22-14-7-6-11(16(10-14)23-2)9-15-18(21)24-17(20-15)12-4-3-5-13(19)8-12/h3-10H,1-2H3/b15-9-. The first-order valence-corrected chi connectivity index (χ1v) is 7.90. The number of hydrogen-bond acceptors (Lipinski definition) is 5. The number of cyclic esters (lactones) is 1. The van der Waals surface area contributed by atoms with Crippen LogP contribution in [0.5, 0.6) is 11.5 Å². The fourth-order valence-corrected chi connectivity index (χ4v) is 2.64. The zero-order valence-corrected chi connectivity index (χ0v) is 14.7. The van der Waals surface area contributed by atoms with Gasteiger partial charge in [-0.25, -0.2) is 9.79 Å². The second-order valence-electron chi connectivity index (χ2n) is 4.95. The summed E-state index contributed by atoms with van der Waals surface area (Å²) in [6, 6.07) is 12.7. The Morgan fingerprint density at radius 1 is 1.12 bits per heavy atom. The average molecular weight is 388 g/mol. The number of halogens is 1. The fourth-order valence-electron chi connectivity index (χ4n) is 2.24. The van der Waals surface area contributed by atoms with Crippen molar-refractivity contribution in [3.63, 3.8) is 0 Å². The number of nitrogens with zero attached hydrogens (tertiary/aromatic N) is 1. The van der Waals surface area contributed by atoms with Gasteiger partial charge < -0.3 is 14.2 Å². The normalized spacial score (nSPS) is 15.2. The Morgan fingerprint density at radius 3 is 2.67 bits per heavy atom. The Morgan fingerprint density at radius 2 is 1.96 bits per heavy atom. The van der Waals surface area contributed by atoms with Gasteiger partial charge in [0.15, 0.2) is 5.70 Å². The molecule has 2 aromatic rings. The predicted molar refractivity (Wildman–Crippen MR) is 94.3 cm³/mol. The van der Waals surface area contributed by atoms with Crippen molar-refractivity contribution in [2.24, 2.45) is 4.99 Å². The van der Waals surface area contributed by atoms with Crippen molar-refractivity contribution >= 4 is 33.9 Å². The van der Waals surface area contributed by atoms with Crippen LogP contribution in [0.1, 0.15) is 11.1 Å². The van der Waals surface area contributed by atoms with Crippen LogP contribution in [0.15, 0.2) is 57.6 Å². The van der Waals surface area contributed by atoms with E-state index in [9.17, 15) is 4.79 Å². The maximum Gasteiger partial charge on any atom is 0.363 e. The molecule has 1 aliphatic heterocycles. The molecule has 0 N–H and O–H groups in total. The first kappa shape index (κ1) is 16.3. The molecule has 5 nitrogen and oxygen atoms in total. The van der Waals surface area contributed by atoms with Crippen LogP contribution < -0.4 is 9.47 Å². The van der Waals surface area contributed by atoms with E-state index in [0.29, 0.717) is 17.1 Å². The van der Waals surface area contributed by atoms with Gasteiger partial charge in [0.2, 0.25) is 5.90 Å². The topological polar surface area (TPSA) is 57.1 Å². The van der Waals surface area contributed by atoms with E-state index in [-0.39, 0.29) is 11.6 Å². The van der Waals surface area contributed by atoms with Crippen molar-refractivity contribution in [3.05, 3.63) is 63.8 Å². The molecule has 0 fully saturated rings. The van der Waals surface area contributed by atoms with Gasteiger partial charge in [0.25, 0.3) is 0 Å². The highest BCUT2D eigenvalue weighted by Gasteiger charge is 2.24. The Balaban J connectivity index is 1.97. The van der Waals surface area contributed by atoms with Crippen LogP contribution in [0.2, 0.25) is 0 Å². The summed E-state index contributed by atoms with van der Waals surface area (Å²) in [5.74, 6) is 1.03. The molecule has 6 heteroatoms. The molecule has 2 aromatic carbocycles. The van der Waals surface area contributed by atoms with E-state index in [1.807, 2.05) is 24.3 Å². The second-order valence-corrected chi connectivity index (χ2v) is 5.87. The number of methoxy groups -OCH3 is 2. The lowest BCUT2D eigenvalue weighted by molar-refractivity contribution is -0.129. The van der Waals surface area contributed by atoms with Crippen molar-refractivity contribution in [2.45, 2.75) is 0 Å². The number of aliphatic imine (C=N–C) groups is 1. The fraction of sp³-hybridized carbons (Fsp3) is 0.111. The van der Waals surface area contributed by atoms with E-state index in [2.05, 4.69) is 20.9 Å². The summed E-state index contributed by atoms with van der Waals surface area (Å²) in [4.78, 5) is 16.4. The van der Waals surface area contributed by atoms with Gasteiger partial charge in [-0.1, -0.05) is 22.0 Å². The smallest absolute Gasteiger partial charge is 0.363 e. The van der Waals surface area contributed by atoms with Gasteiger partial charge in [-0.05, 0) is 36.4 Å². The SMILES string of the molecule is COc1ccc(/C=C2\N=C(c3cccc(Br)c3)OC2=O)c(OC)c1. The first-order chi connectivity index (χ1) is 11.6. The Bertz CT molecular complexity index is 858. The molecule has 0 spiro atoms. The van der Waals surface area contributed by atoms with Gasteiger partial charge in [0.05, 0.1) is 14.2 Å². The Labute approximate surface area is 147 Å². The maximum atomic E-state index is 12.1. The molecule has 0 saturated carbocycles. The van der Waals surface area contributed by atoms with Crippen LogP contribution in [-0.4, -0.2) is 26.1 Å². The van der Waals surface area contributed by atoms with Gasteiger partial charge in [0, 0.05) is 21.7 Å². The number of carbonyl (C=O) groups is 1. The summed E-state index contributed by atoms with van der Waals surface area (Å²) in [5.41, 5.74) is 1.65. The molecule has 0 atom stereocenters. The highest BCUT2D eigenvalue weighted by Crippen LogP contribution is 2.28. The summed E-state index contributed by atoms with van der Waals surface area (Å²) < 4.78 is 16.6. The molecule has 1 heterocycles. The molecule has 0 saturated heterocycles. The third-order valence-corrected chi connectivity index (χ3v) is 3.92. The molecule has 0 aromatic heterocycles. The van der Waals surface area contributed by atoms with E-state index < -0.39 is 5.97 Å². The molecule has 3 rings (SSSR count). The summed E-state index contributed by atoms with van der Waals surface area (Å²) >= 11 is 3.39. The third kappa shape index (κ3) is 3.33. The number of carbonyl (C=O) groups excluding carboxylic acids is 1. The molecule has 122 valence electrons. The maximum absolute atomic E-state index is 12.1. The summed E-state index contributed by atoms with van der Waals surface area (Å²) in [6.45, 7) is 0. The largest absolute Gasteiger partial charge is 0.497 e. The minimum atomic E-state index is -0.497. The van der Waals surface area contributed by atoms with Gasteiger partial charge in [0.1, 0.15) is 11.5 Å². The number of ether oxygens (including phenoxy) is 3. The Kier molecular flexibility index (Phi) is 4.66. The molecule has 24 heavy (non-hydrogen) atoms. The minimum Gasteiger partial charge on any atom is -0.497 e. The highest BCUT2D eigenvalue weighted by atomic mass is 79.9. The van der Waals surface area contributed by atoms with E-state index in [1.165, 1.54) is 0 Å². The van der Waals surface area contributed by atoms with Gasteiger partial charge in [-0.15, -0.1) is 0 Å². The summed E-state index contributed by atoms with van der Waals surface area (Å²) in [7, 11) is 3.13. The van der Waals surface area contributed by atoms with Gasteiger partial charge >= 0.3 is 5.97 Å². The van der Waals surface area contributed by atoms with Crippen LogP contribution in [0.4, 0.5) is 0 Å². The average Bonchev–Trinajstić information content (AvgIpc) is 2.96. The van der Waals surface area contributed by atoms with E-state index in [0.717, 1.165) is 10.0 Å². The van der Waals surface area contributed by atoms with E-state index in [4.69, 9.17) is 14.2 Å². The van der Waals surface area contributed by atoms with Crippen LogP contribution in [0, 0.1) is 0 Å². The van der Waals surface area contributed by atoms with Crippen LogP contribution in [0.3, 0.4) is 0 Å². The third-order valence-electron chi connectivity index (χ3n) is 3.42. The van der Waals surface area contributed by atoms with Crippen LogP contribution in [0.25, 0.3) is 6.08 Å². The van der Waals surface area contributed by atoms with E-state index in [1.54, 1.807) is 38.5 Å². The molecule has 0 aliphatic carbocycles. The molecular formula is C18H14BrNO4. The lowest BCUT2D eigenvalue weighted by Crippen LogP contribution is -2.05. The minimum absolute atomic E-state index is 0.216. The Hall–Kier alpha value is -2.60. The molecule has 1 aliphatic rings. The van der Waals surface area contributed by atoms with E-state index >= 15 is 0 Å². The van der Waals surface area contributed by atoms with Crippen molar-refractivity contribution in [3.8, 4) is 11.5 Å². The predicted octanol–water partition coefficient (Wildman–Crippen LogP) is 3.81. The number of benzene rings is 2. The number of rotatable bonds is 4. The van der Waals surface area contributed by atoms with Crippen LogP contribution in [-0.2, 0) is 9.53 Å². The zero-order chi connectivity index (χ0) is 17.1. The van der Waals surface area contributed by atoms with Gasteiger partial charge in [-0.2, -0.15) is 0 Å². The van der Waals surface area contributed by atoms with Crippen molar-refractivity contribution in [1.29, 1.82) is 0 Å². The second kappa shape index (κ2) is 6.88. The summed E-state index contributed by atoms with van der Waals surface area (Å²) in [6.07, 6.45) is 1.63. The quantitative estimate of drug-likeness (QED) is 0.591. The first-order valence-electron chi connectivity index (χ1n) is 7.11.